The Labute approximate surface area is 174 Å². The molecule has 0 spiro atoms. The summed E-state index contributed by atoms with van der Waals surface area (Å²) < 4.78 is 15.9. The van der Waals surface area contributed by atoms with Crippen molar-refractivity contribution in [3.8, 4) is 17.5 Å². The number of amides is 2. The van der Waals surface area contributed by atoms with Crippen molar-refractivity contribution in [1.29, 1.82) is 0 Å². The lowest BCUT2D eigenvalue weighted by molar-refractivity contribution is 0.0121. The fourth-order valence-corrected chi connectivity index (χ4v) is 3.45. The third-order valence-corrected chi connectivity index (χ3v) is 4.90. The number of carbonyl (C=O) groups is 2. The Kier molecular flexibility index (Phi) is 9.24. The smallest absolute Gasteiger partial charge is 0.469 e. The minimum absolute atomic E-state index is 0.245. The molecular formula is C19H26N4O5S. The molecule has 1 fully saturated rings. The SMILES string of the molecule is C#CCCN1CCC(OC(=O)OCCCCC=C)N(c2nnc(OCC)s2)C1=O. The second-order valence-corrected chi connectivity index (χ2v) is 7.04. The zero-order valence-electron chi connectivity index (χ0n) is 16.5. The van der Waals surface area contributed by atoms with E-state index in [1.54, 1.807) is 4.90 Å². The van der Waals surface area contributed by atoms with Gasteiger partial charge in [0.15, 0.2) is 6.23 Å². The Bertz CT molecular complexity index is 732. The lowest BCUT2D eigenvalue weighted by Gasteiger charge is -2.38. The van der Waals surface area contributed by atoms with Crippen molar-refractivity contribution in [3.05, 3.63) is 12.7 Å². The summed E-state index contributed by atoms with van der Waals surface area (Å²) in [7, 11) is 0. The van der Waals surface area contributed by atoms with Crippen LogP contribution in [0.4, 0.5) is 14.7 Å². The molecule has 158 valence electrons. The van der Waals surface area contributed by atoms with Crippen molar-refractivity contribution in [2.75, 3.05) is 31.2 Å². The van der Waals surface area contributed by atoms with Crippen LogP contribution in [0, 0.1) is 12.3 Å². The number of hydrogen-bond donors (Lipinski definition) is 0. The van der Waals surface area contributed by atoms with Crippen molar-refractivity contribution in [2.24, 2.45) is 0 Å². The fourth-order valence-electron chi connectivity index (χ4n) is 2.66. The summed E-state index contributed by atoms with van der Waals surface area (Å²) in [5.74, 6) is 2.52. The maximum absolute atomic E-state index is 13.0. The first-order chi connectivity index (χ1) is 14.1. The minimum Gasteiger partial charge on any atom is -0.469 e. The molecule has 0 bridgehead atoms. The molecular weight excluding hydrogens is 396 g/mol. The molecule has 0 radical (unpaired) electrons. The normalized spacial score (nSPS) is 16.3. The first-order valence-corrected chi connectivity index (χ1v) is 10.3. The maximum atomic E-state index is 13.0. The van der Waals surface area contributed by atoms with Gasteiger partial charge in [-0.05, 0) is 37.5 Å². The van der Waals surface area contributed by atoms with Crippen LogP contribution in [-0.4, -0.2) is 59.8 Å². The standard InChI is InChI=1S/C19H26N4O5S/c1-4-7-9-10-14-27-19(25)28-15-11-13-22(12-8-5-2)18(24)23(15)16-20-21-17(29-16)26-6-3/h2,4,15H,1,6-14H2,3H3. The maximum Gasteiger partial charge on any atom is 0.510 e. The second-order valence-electron chi connectivity index (χ2n) is 6.12. The highest BCUT2D eigenvalue weighted by Gasteiger charge is 2.39. The van der Waals surface area contributed by atoms with Crippen LogP contribution < -0.4 is 9.64 Å². The molecule has 1 aromatic heterocycles. The summed E-state index contributed by atoms with van der Waals surface area (Å²) in [6.07, 6.45) is 8.73. The highest BCUT2D eigenvalue weighted by atomic mass is 32.1. The largest absolute Gasteiger partial charge is 0.510 e. The van der Waals surface area contributed by atoms with Gasteiger partial charge in [-0.15, -0.1) is 24.0 Å². The Morgan fingerprint density at radius 3 is 3.00 bits per heavy atom. The zero-order chi connectivity index (χ0) is 21.1. The highest BCUT2D eigenvalue weighted by molar-refractivity contribution is 7.17. The van der Waals surface area contributed by atoms with E-state index in [2.05, 4.69) is 22.7 Å². The van der Waals surface area contributed by atoms with Crippen LogP contribution in [0.5, 0.6) is 5.19 Å². The lowest BCUT2D eigenvalue weighted by atomic mass is 10.2. The summed E-state index contributed by atoms with van der Waals surface area (Å²) in [4.78, 5) is 28.0. The molecule has 2 heterocycles. The molecule has 1 aromatic rings. The predicted octanol–water partition coefficient (Wildman–Crippen LogP) is 3.43. The summed E-state index contributed by atoms with van der Waals surface area (Å²) >= 11 is 1.10. The average molecular weight is 423 g/mol. The Balaban J connectivity index is 2.05. The van der Waals surface area contributed by atoms with Crippen LogP contribution in [0.3, 0.4) is 0 Å². The predicted molar refractivity (Wildman–Crippen MR) is 109 cm³/mol. The molecule has 9 nitrogen and oxygen atoms in total. The Morgan fingerprint density at radius 1 is 1.45 bits per heavy atom. The number of ether oxygens (including phenoxy) is 3. The number of allylic oxidation sites excluding steroid dienone is 1. The van der Waals surface area contributed by atoms with E-state index in [9.17, 15) is 9.59 Å². The first kappa shape index (κ1) is 22.5. The van der Waals surface area contributed by atoms with E-state index in [0.717, 1.165) is 24.2 Å². The second kappa shape index (κ2) is 11.9. The number of rotatable bonds is 11. The number of carbonyl (C=O) groups excluding carboxylic acids is 2. The van der Waals surface area contributed by atoms with Crippen LogP contribution >= 0.6 is 11.3 Å². The average Bonchev–Trinajstić information content (AvgIpc) is 3.16. The van der Waals surface area contributed by atoms with Crippen LogP contribution in [0.2, 0.25) is 0 Å². The molecule has 2 rings (SSSR count). The van der Waals surface area contributed by atoms with E-state index in [1.165, 1.54) is 4.90 Å². The first-order valence-electron chi connectivity index (χ1n) is 9.52. The number of hydrogen-bond acceptors (Lipinski definition) is 8. The van der Waals surface area contributed by atoms with E-state index >= 15 is 0 Å². The molecule has 1 aliphatic heterocycles. The van der Waals surface area contributed by atoms with Gasteiger partial charge < -0.3 is 19.1 Å². The number of nitrogens with zero attached hydrogens (tertiary/aromatic N) is 4. The number of aromatic nitrogens is 2. The van der Waals surface area contributed by atoms with E-state index in [-0.39, 0.29) is 17.8 Å². The Morgan fingerprint density at radius 2 is 2.28 bits per heavy atom. The molecule has 0 N–H and O–H groups in total. The molecule has 10 heteroatoms. The zero-order valence-corrected chi connectivity index (χ0v) is 17.4. The van der Waals surface area contributed by atoms with Crippen LogP contribution in [0.25, 0.3) is 0 Å². The molecule has 1 saturated heterocycles. The van der Waals surface area contributed by atoms with Crippen molar-refractivity contribution in [3.63, 3.8) is 0 Å². The van der Waals surface area contributed by atoms with Crippen molar-refractivity contribution >= 4 is 28.7 Å². The molecule has 29 heavy (non-hydrogen) atoms. The van der Waals surface area contributed by atoms with E-state index in [4.69, 9.17) is 20.6 Å². The van der Waals surface area contributed by atoms with Gasteiger partial charge in [-0.25, -0.2) is 14.5 Å². The number of urea groups is 1. The fraction of sp³-hybridized carbons (Fsp3) is 0.579. The third kappa shape index (κ3) is 6.64. The molecule has 2 amide bonds. The molecule has 1 unspecified atom stereocenters. The monoisotopic (exact) mass is 422 g/mol. The number of unbranched alkanes of at least 4 members (excludes halogenated alkanes) is 2. The molecule has 0 saturated carbocycles. The van der Waals surface area contributed by atoms with Gasteiger partial charge in [-0.1, -0.05) is 11.2 Å². The minimum atomic E-state index is -0.840. The van der Waals surface area contributed by atoms with Gasteiger partial charge in [-0.3, -0.25) is 0 Å². The van der Waals surface area contributed by atoms with Crippen LogP contribution in [-0.2, 0) is 9.47 Å². The van der Waals surface area contributed by atoms with Crippen LogP contribution in [0.15, 0.2) is 12.7 Å². The lowest BCUT2D eigenvalue weighted by Crippen LogP contribution is -2.56. The molecule has 0 aromatic carbocycles. The number of anilines is 1. The van der Waals surface area contributed by atoms with Gasteiger partial charge in [0.2, 0.25) is 5.13 Å². The summed E-state index contributed by atoms with van der Waals surface area (Å²) in [5, 5.41) is 8.55. The van der Waals surface area contributed by atoms with Crippen molar-refractivity contribution in [2.45, 2.75) is 45.3 Å². The molecule has 0 aliphatic carbocycles. The van der Waals surface area contributed by atoms with Crippen molar-refractivity contribution in [1.82, 2.24) is 15.1 Å². The quantitative estimate of drug-likeness (QED) is 0.233. The van der Waals surface area contributed by atoms with E-state index in [0.29, 0.717) is 44.2 Å². The Hall–Kier alpha value is -2.80. The topological polar surface area (TPSA) is 94.1 Å². The number of terminal acetylenes is 1. The van der Waals surface area contributed by atoms with Gasteiger partial charge >= 0.3 is 12.2 Å². The van der Waals surface area contributed by atoms with E-state index in [1.807, 2.05) is 13.0 Å². The summed E-state index contributed by atoms with van der Waals surface area (Å²) in [5.41, 5.74) is 0. The summed E-state index contributed by atoms with van der Waals surface area (Å²) in [6, 6.07) is -0.352. The van der Waals surface area contributed by atoms with Crippen molar-refractivity contribution < 1.29 is 23.8 Å². The molecule has 1 aliphatic rings. The van der Waals surface area contributed by atoms with Gasteiger partial charge in [0.1, 0.15) is 0 Å². The van der Waals surface area contributed by atoms with Gasteiger partial charge in [0, 0.05) is 25.9 Å². The molecule has 1 atom stereocenters. The van der Waals surface area contributed by atoms with Crippen LogP contribution in [0.1, 0.15) is 39.0 Å². The van der Waals surface area contributed by atoms with E-state index < -0.39 is 12.4 Å². The summed E-state index contributed by atoms with van der Waals surface area (Å²) in [6.45, 7) is 6.96. The van der Waals surface area contributed by atoms with Gasteiger partial charge in [0.05, 0.1) is 13.2 Å². The van der Waals surface area contributed by atoms with Gasteiger partial charge in [-0.2, -0.15) is 0 Å². The van der Waals surface area contributed by atoms with Gasteiger partial charge in [0.25, 0.3) is 5.19 Å². The highest BCUT2D eigenvalue weighted by Crippen LogP contribution is 2.31. The third-order valence-electron chi connectivity index (χ3n) is 4.06.